The number of thioether (sulfide) groups is 1. The van der Waals surface area contributed by atoms with E-state index in [-0.39, 0.29) is 22.4 Å². The number of carbonyl (C=O) groups excluding carboxylic acids is 1. The summed E-state index contributed by atoms with van der Waals surface area (Å²) in [7, 11) is 1.69. The van der Waals surface area contributed by atoms with Crippen LogP contribution in [0.2, 0.25) is 0 Å². The Morgan fingerprint density at radius 2 is 2.07 bits per heavy atom. The number of nitrogens with zero attached hydrogens (tertiary/aromatic N) is 3. The summed E-state index contributed by atoms with van der Waals surface area (Å²) in [5, 5.41) is 11.5. The molecule has 2 aliphatic rings. The molecule has 1 amide bonds. The van der Waals surface area contributed by atoms with Crippen molar-refractivity contribution in [1.29, 1.82) is 5.26 Å². The second kappa shape index (κ2) is 7.64. The number of nitrogens with one attached hydrogen (secondary N) is 1. The van der Waals surface area contributed by atoms with E-state index in [1.165, 1.54) is 12.1 Å². The molecule has 27 heavy (non-hydrogen) atoms. The quantitative estimate of drug-likeness (QED) is 0.816. The van der Waals surface area contributed by atoms with Gasteiger partial charge in [-0.3, -0.25) is 4.79 Å². The van der Waals surface area contributed by atoms with Crippen LogP contribution in [-0.4, -0.2) is 31.2 Å². The van der Waals surface area contributed by atoms with Gasteiger partial charge in [-0.15, -0.1) is 0 Å². The monoisotopic (exact) mass is 394 g/mol. The Labute approximate surface area is 158 Å². The summed E-state index contributed by atoms with van der Waals surface area (Å²) < 4.78 is 40.2. The SMILES string of the molecule is CNC1=NC(=O)SC1=CC1CCN(c2ccc(C#N)cc2C(F)(F)F)CC1. The van der Waals surface area contributed by atoms with Crippen LogP contribution in [0, 0.1) is 17.2 Å². The minimum Gasteiger partial charge on any atom is -0.372 e. The number of anilines is 1. The Balaban J connectivity index is 1.74. The van der Waals surface area contributed by atoms with E-state index >= 15 is 0 Å². The zero-order valence-corrected chi connectivity index (χ0v) is 15.3. The van der Waals surface area contributed by atoms with Crippen molar-refractivity contribution in [2.45, 2.75) is 19.0 Å². The molecule has 1 aromatic rings. The molecule has 0 bridgehead atoms. The first-order valence-corrected chi connectivity index (χ1v) is 9.20. The van der Waals surface area contributed by atoms with Crippen molar-refractivity contribution >= 4 is 28.5 Å². The van der Waals surface area contributed by atoms with Crippen LogP contribution >= 0.6 is 11.8 Å². The van der Waals surface area contributed by atoms with Crippen LogP contribution in [0.4, 0.5) is 23.7 Å². The number of rotatable bonds is 2. The molecule has 1 N–H and O–H groups in total. The van der Waals surface area contributed by atoms with Crippen molar-refractivity contribution in [3.63, 3.8) is 0 Å². The number of piperidine rings is 1. The third-order valence-electron chi connectivity index (χ3n) is 4.57. The van der Waals surface area contributed by atoms with Crippen LogP contribution in [0.1, 0.15) is 24.0 Å². The largest absolute Gasteiger partial charge is 0.418 e. The highest BCUT2D eigenvalue weighted by Crippen LogP contribution is 2.39. The molecular formula is C18H17F3N4OS. The van der Waals surface area contributed by atoms with Gasteiger partial charge in [0.15, 0.2) is 0 Å². The van der Waals surface area contributed by atoms with Gasteiger partial charge in [-0.2, -0.15) is 23.4 Å². The van der Waals surface area contributed by atoms with Gasteiger partial charge >= 0.3 is 11.4 Å². The van der Waals surface area contributed by atoms with E-state index < -0.39 is 11.7 Å². The maximum Gasteiger partial charge on any atom is 0.418 e. The zero-order chi connectivity index (χ0) is 19.6. The number of amidine groups is 1. The fraction of sp³-hybridized carbons (Fsp3) is 0.389. The first kappa shape index (κ1) is 19.3. The number of nitriles is 1. The van der Waals surface area contributed by atoms with E-state index in [1.54, 1.807) is 18.0 Å². The molecule has 0 radical (unpaired) electrons. The van der Waals surface area contributed by atoms with E-state index in [0.717, 1.165) is 22.7 Å². The molecule has 0 aromatic heterocycles. The Kier molecular flexibility index (Phi) is 5.46. The first-order valence-electron chi connectivity index (χ1n) is 8.38. The minimum absolute atomic E-state index is 0.00694. The van der Waals surface area contributed by atoms with Gasteiger partial charge in [0, 0.05) is 25.8 Å². The number of likely N-dealkylation sites (N-methyl/N-ethyl adjacent to an activating group) is 1. The lowest BCUT2D eigenvalue weighted by Gasteiger charge is -2.34. The van der Waals surface area contributed by atoms with Gasteiger partial charge in [-0.25, -0.2) is 0 Å². The number of amides is 1. The molecule has 0 aliphatic carbocycles. The zero-order valence-electron chi connectivity index (χ0n) is 14.5. The number of hydrogen-bond acceptors (Lipinski definition) is 5. The minimum atomic E-state index is -4.51. The summed E-state index contributed by atoms with van der Waals surface area (Å²) in [6.45, 7) is 0.933. The van der Waals surface area contributed by atoms with Crippen molar-refractivity contribution in [1.82, 2.24) is 5.32 Å². The van der Waals surface area contributed by atoms with Gasteiger partial charge in [0.1, 0.15) is 5.84 Å². The molecule has 0 unspecified atom stereocenters. The average molecular weight is 394 g/mol. The molecule has 0 spiro atoms. The van der Waals surface area contributed by atoms with Crippen LogP contribution in [-0.2, 0) is 6.18 Å². The second-order valence-corrected chi connectivity index (χ2v) is 7.27. The van der Waals surface area contributed by atoms with E-state index in [9.17, 15) is 18.0 Å². The highest BCUT2D eigenvalue weighted by Gasteiger charge is 2.36. The van der Waals surface area contributed by atoms with E-state index in [2.05, 4.69) is 10.3 Å². The number of benzene rings is 1. The van der Waals surface area contributed by atoms with Gasteiger partial charge < -0.3 is 10.2 Å². The first-order chi connectivity index (χ1) is 12.8. The lowest BCUT2D eigenvalue weighted by molar-refractivity contribution is -0.137. The summed E-state index contributed by atoms with van der Waals surface area (Å²) in [5.74, 6) is 0.708. The summed E-state index contributed by atoms with van der Waals surface area (Å²) >= 11 is 1.06. The molecular weight excluding hydrogens is 377 g/mol. The Hall–Kier alpha value is -2.47. The van der Waals surface area contributed by atoms with Gasteiger partial charge in [0.25, 0.3) is 0 Å². The molecule has 1 fully saturated rings. The molecule has 9 heteroatoms. The number of allylic oxidation sites excluding steroid dienone is 1. The summed E-state index contributed by atoms with van der Waals surface area (Å²) in [4.78, 5) is 17.8. The van der Waals surface area contributed by atoms with Crippen molar-refractivity contribution < 1.29 is 18.0 Å². The predicted molar refractivity (Wildman–Crippen MR) is 98.7 cm³/mol. The highest BCUT2D eigenvalue weighted by atomic mass is 32.2. The van der Waals surface area contributed by atoms with Gasteiger partial charge in [-0.1, -0.05) is 6.08 Å². The number of halogens is 3. The van der Waals surface area contributed by atoms with Crippen LogP contribution in [0.25, 0.3) is 0 Å². The number of alkyl halides is 3. The molecule has 2 heterocycles. The average Bonchev–Trinajstić information content (AvgIpc) is 3.00. The molecule has 3 rings (SSSR count). The fourth-order valence-electron chi connectivity index (χ4n) is 3.23. The molecule has 1 aromatic carbocycles. The number of hydrogen-bond donors (Lipinski definition) is 1. The molecule has 0 atom stereocenters. The van der Waals surface area contributed by atoms with Crippen LogP contribution in [0.5, 0.6) is 0 Å². The molecule has 1 saturated heterocycles. The lowest BCUT2D eigenvalue weighted by atomic mass is 9.95. The van der Waals surface area contributed by atoms with E-state index in [1.807, 2.05) is 6.08 Å². The van der Waals surface area contributed by atoms with Crippen molar-refractivity contribution in [3.8, 4) is 6.07 Å². The maximum absolute atomic E-state index is 13.4. The van der Waals surface area contributed by atoms with Crippen LogP contribution < -0.4 is 10.2 Å². The van der Waals surface area contributed by atoms with Crippen molar-refractivity contribution in [3.05, 3.63) is 40.3 Å². The maximum atomic E-state index is 13.4. The summed E-state index contributed by atoms with van der Waals surface area (Å²) in [6, 6.07) is 5.44. The Morgan fingerprint density at radius 1 is 1.37 bits per heavy atom. The summed E-state index contributed by atoms with van der Waals surface area (Å²) in [6.07, 6.45) is -1.19. The van der Waals surface area contributed by atoms with E-state index in [4.69, 9.17) is 5.26 Å². The van der Waals surface area contributed by atoms with Gasteiger partial charge in [-0.05, 0) is 48.7 Å². The van der Waals surface area contributed by atoms with Crippen molar-refractivity contribution in [2.24, 2.45) is 10.9 Å². The van der Waals surface area contributed by atoms with Crippen LogP contribution in [0.15, 0.2) is 34.2 Å². The lowest BCUT2D eigenvalue weighted by Crippen LogP contribution is -2.34. The topological polar surface area (TPSA) is 68.5 Å². The fourth-order valence-corrected chi connectivity index (χ4v) is 4.06. The van der Waals surface area contributed by atoms with Gasteiger partial charge in [0.05, 0.1) is 22.1 Å². The molecule has 2 aliphatic heterocycles. The number of aliphatic imine (C=N–C) groups is 1. The van der Waals surface area contributed by atoms with E-state index in [0.29, 0.717) is 31.8 Å². The standard InChI is InChI=1S/C18H17F3N4OS/c1-23-16-15(27-17(26)24-16)9-11-4-6-25(7-5-11)14-3-2-12(10-22)8-13(14)18(19,20)21/h2-3,8-9,11H,4-7H2,1H3,(H,23,24,26). The Bertz CT molecular complexity index is 849. The van der Waals surface area contributed by atoms with Crippen LogP contribution in [0.3, 0.4) is 0 Å². The predicted octanol–water partition coefficient (Wildman–Crippen LogP) is 4.16. The molecule has 0 saturated carbocycles. The summed E-state index contributed by atoms with van der Waals surface area (Å²) in [5.41, 5.74) is -0.678. The smallest absolute Gasteiger partial charge is 0.372 e. The van der Waals surface area contributed by atoms with Crippen molar-refractivity contribution in [2.75, 3.05) is 25.0 Å². The molecule has 142 valence electrons. The van der Waals surface area contributed by atoms with Gasteiger partial charge in [0.2, 0.25) is 0 Å². The number of carbonyl (C=O) groups is 1. The highest BCUT2D eigenvalue weighted by molar-refractivity contribution is 8.18. The third-order valence-corrected chi connectivity index (χ3v) is 5.38. The second-order valence-electron chi connectivity index (χ2n) is 6.28. The Morgan fingerprint density at radius 3 is 2.67 bits per heavy atom. The molecule has 5 nitrogen and oxygen atoms in total. The third kappa shape index (κ3) is 4.27. The normalized spacial score (nSPS) is 20.0.